The molecule has 0 saturated heterocycles. The Morgan fingerprint density at radius 1 is 0.679 bits per heavy atom. The third kappa shape index (κ3) is 2.70. The Morgan fingerprint density at radius 2 is 1.43 bits per heavy atom. The van der Waals surface area contributed by atoms with Crippen molar-refractivity contribution in [1.82, 2.24) is 0 Å². The lowest BCUT2D eigenvalue weighted by Crippen LogP contribution is -1.96. The van der Waals surface area contributed by atoms with Gasteiger partial charge in [-0.1, -0.05) is 66.7 Å². The number of hydrogen-bond donors (Lipinski definition) is 2. The average Bonchev–Trinajstić information content (AvgIpc) is 3.13. The lowest BCUT2D eigenvalue weighted by Gasteiger charge is -2.13. The topological polar surface area (TPSA) is 46.2 Å². The highest BCUT2D eigenvalue weighted by Gasteiger charge is 2.21. The Hall–Kier alpha value is -3.36. The van der Waals surface area contributed by atoms with Gasteiger partial charge >= 0.3 is 0 Å². The molecule has 0 aromatic heterocycles. The predicted octanol–water partition coefficient (Wildman–Crippen LogP) is 5.76. The number of phenols is 1. The fourth-order valence-corrected chi connectivity index (χ4v) is 4.23. The molecule has 2 heteroatoms. The summed E-state index contributed by atoms with van der Waals surface area (Å²) in [5, 5.41) is 10.5. The minimum absolute atomic E-state index is 0.286. The van der Waals surface area contributed by atoms with E-state index in [1.807, 2.05) is 30.3 Å². The maximum Gasteiger partial charge on any atom is 0.123 e. The van der Waals surface area contributed by atoms with Gasteiger partial charge in [-0.2, -0.15) is 0 Å². The van der Waals surface area contributed by atoms with E-state index in [9.17, 15) is 5.11 Å². The van der Waals surface area contributed by atoms with Crippen molar-refractivity contribution in [2.24, 2.45) is 5.73 Å². The molecule has 0 fully saturated rings. The summed E-state index contributed by atoms with van der Waals surface area (Å²) >= 11 is 0. The van der Waals surface area contributed by atoms with Gasteiger partial charge in [-0.3, -0.25) is 0 Å². The average molecular weight is 363 g/mol. The molecule has 1 aliphatic carbocycles. The molecule has 0 heterocycles. The highest BCUT2D eigenvalue weighted by atomic mass is 16.3. The Morgan fingerprint density at radius 3 is 2.32 bits per heavy atom. The quantitative estimate of drug-likeness (QED) is 0.428. The number of hydrogen-bond acceptors (Lipinski definition) is 2. The van der Waals surface area contributed by atoms with Crippen LogP contribution in [0.2, 0.25) is 0 Å². The first-order chi connectivity index (χ1) is 13.7. The van der Waals surface area contributed by atoms with Crippen molar-refractivity contribution in [2.75, 3.05) is 0 Å². The van der Waals surface area contributed by atoms with Gasteiger partial charge in [0.25, 0.3) is 0 Å². The van der Waals surface area contributed by atoms with Crippen LogP contribution in [-0.4, -0.2) is 5.11 Å². The lowest BCUT2D eigenvalue weighted by atomic mass is 9.92. The van der Waals surface area contributed by atoms with Crippen molar-refractivity contribution in [1.29, 1.82) is 0 Å². The van der Waals surface area contributed by atoms with Crippen LogP contribution in [0.15, 0.2) is 84.9 Å². The van der Waals surface area contributed by atoms with Crippen LogP contribution < -0.4 is 5.73 Å². The first-order valence-electron chi connectivity index (χ1n) is 9.57. The molecule has 0 radical (unpaired) electrons. The monoisotopic (exact) mass is 363 g/mol. The zero-order valence-electron chi connectivity index (χ0n) is 15.5. The summed E-state index contributed by atoms with van der Waals surface area (Å²) in [4.78, 5) is 0. The standard InChI is InChI=1S/C26H21NO/c27-16-17-5-3-7-18(13-17)24-14-20(11-12-26(24)28)22-9-4-10-23-21-8-2-1-6-19(21)15-25(22)23/h1-14,28H,15-16,27H2. The summed E-state index contributed by atoms with van der Waals surface area (Å²) in [7, 11) is 0. The molecular weight excluding hydrogens is 342 g/mol. The predicted molar refractivity (Wildman–Crippen MR) is 115 cm³/mol. The number of rotatable bonds is 3. The van der Waals surface area contributed by atoms with E-state index < -0.39 is 0 Å². The van der Waals surface area contributed by atoms with Crippen LogP contribution in [0.25, 0.3) is 33.4 Å². The maximum absolute atomic E-state index is 10.5. The zero-order chi connectivity index (χ0) is 19.1. The summed E-state index contributed by atoms with van der Waals surface area (Å²) in [6.07, 6.45) is 0.945. The Kier molecular flexibility index (Phi) is 4.00. The molecule has 4 aromatic carbocycles. The summed E-state index contributed by atoms with van der Waals surface area (Å²) in [6, 6.07) is 29.1. The van der Waals surface area contributed by atoms with E-state index in [1.54, 1.807) is 6.07 Å². The molecule has 5 rings (SSSR count). The molecule has 28 heavy (non-hydrogen) atoms. The largest absolute Gasteiger partial charge is 0.507 e. The molecule has 0 unspecified atom stereocenters. The highest BCUT2D eigenvalue weighted by molar-refractivity contribution is 5.86. The van der Waals surface area contributed by atoms with Gasteiger partial charge in [0.05, 0.1) is 0 Å². The van der Waals surface area contributed by atoms with Crippen molar-refractivity contribution >= 4 is 0 Å². The van der Waals surface area contributed by atoms with Crippen molar-refractivity contribution in [3.63, 3.8) is 0 Å². The Labute approximate surface area is 164 Å². The van der Waals surface area contributed by atoms with Gasteiger partial charge in [0, 0.05) is 12.1 Å². The highest BCUT2D eigenvalue weighted by Crippen LogP contribution is 2.43. The van der Waals surface area contributed by atoms with E-state index in [1.165, 1.54) is 27.8 Å². The SMILES string of the molecule is NCc1cccc(-c2cc(-c3cccc4c3Cc3ccccc3-4)ccc2O)c1. The molecule has 2 nitrogen and oxygen atoms in total. The van der Waals surface area contributed by atoms with Crippen molar-refractivity contribution < 1.29 is 5.11 Å². The number of nitrogens with two attached hydrogens (primary N) is 1. The van der Waals surface area contributed by atoms with Gasteiger partial charge in [-0.25, -0.2) is 0 Å². The summed E-state index contributed by atoms with van der Waals surface area (Å²) in [5.74, 6) is 0.286. The van der Waals surface area contributed by atoms with Gasteiger partial charge in [0.2, 0.25) is 0 Å². The van der Waals surface area contributed by atoms with Crippen LogP contribution in [0.3, 0.4) is 0 Å². The van der Waals surface area contributed by atoms with Gasteiger partial charge in [0.15, 0.2) is 0 Å². The molecule has 0 saturated carbocycles. The minimum atomic E-state index is 0.286. The molecule has 4 aromatic rings. The molecule has 0 spiro atoms. The lowest BCUT2D eigenvalue weighted by molar-refractivity contribution is 0.477. The second-order valence-corrected chi connectivity index (χ2v) is 7.30. The third-order valence-corrected chi connectivity index (χ3v) is 5.63. The molecule has 1 aliphatic rings. The van der Waals surface area contributed by atoms with Crippen LogP contribution >= 0.6 is 0 Å². The van der Waals surface area contributed by atoms with Crippen LogP contribution in [0.1, 0.15) is 16.7 Å². The van der Waals surface area contributed by atoms with E-state index in [0.29, 0.717) is 6.54 Å². The van der Waals surface area contributed by atoms with Gasteiger partial charge in [-0.15, -0.1) is 0 Å². The van der Waals surface area contributed by atoms with Crippen molar-refractivity contribution in [3.8, 4) is 39.1 Å². The van der Waals surface area contributed by atoms with E-state index in [4.69, 9.17) is 5.73 Å². The molecule has 0 aliphatic heterocycles. The van der Waals surface area contributed by atoms with E-state index >= 15 is 0 Å². The van der Waals surface area contributed by atoms with Crippen LogP contribution in [0, 0.1) is 0 Å². The smallest absolute Gasteiger partial charge is 0.123 e. The first-order valence-corrected chi connectivity index (χ1v) is 9.57. The van der Waals surface area contributed by atoms with Crippen LogP contribution in [0.4, 0.5) is 0 Å². The summed E-state index contributed by atoms with van der Waals surface area (Å²) in [6.45, 7) is 0.485. The van der Waals surface area contributed by atoms with Gasteiger partial charge in [-0.05, 0) is 69.1 Å². The van der Waals surface area contributed by atoms with E-state index in [2.05, 4.69) is 48.5 Å². The fraction of sp³-hybridized carbons (Fsp3) is 0.0769. The summed E-state index contributed by atoms with van der Waals surface area (Å²) < 4.78 is 0. The molecule has 0 amide bonds. The number of fused-ring (bicyclic) bond motifs is 3. The first kappa shape index (κ1) is 16.8. The second kappa shape index (κ2) is 6.66. The van der Waals surface area contributed by atoms with Crippen molar-refractivity contribution in [2.45, 2.75) is 13.0 Å². The van der Waals surface area contributed by atoms with E-state index in [-0.39, 0.29) is 5.75 Å². The third-order valence-electron chi connectivity index (χ3n) is 5.63. The van der Waals surface area contributed by atoms with Crippen LogP contribution in [0.5, 0.6) is 5.75 Å². The summed E-state index contributed by atoms with van der Waals surface area (Å²) in [5.41, 5.74) is 16.4. The molecule has 0 atom stereocenters. The Bertz CT molecular complexity index is 1190. The van der Waals surface area contributed by atoms with Crippen molar-refractivity contribution in [3.05, 3.63) is 102 Å². The van der Waals surface area contributed by atoms with Crippen LogP contribution in [-0.2, 0) is 13.0 Å². The van der Waals surface area contributed by atoms with Gasteiger partial charge < -0.3 is 10.8 Å². The second-order valence-electron chi connectivity index (χ2n) is 7.30. The molecular formula is C26H21NO. The zero-order valence-corrected chi connectivity index (χ0v) is 15.5. The Balaban J connectivity index is 1.64. The minimum Gasteiger partial charge on any atom is -0.507 e. The molecule has 3 N–H and O–H groups in total. The number of phenolic OH excluding ortho intramolecular Hbond substituents is 1. The maximum atomic E-state index is 10.5. The number of benzene rings is 4. The molecule has 0 bridgehead atoms. The fourth-order valence-electron chi connectivity index (χ4n) is 4.23. The normalized spacial score (nSPS) is 11.9. The molecule has 136 valence electrons. The number of aromatic hydroxyl groups is 1. The van der Waals surface area contributed by atoms with E-state index in [0.717, 1.165) is 28.7 Å². The van der Waals surface area contributed by atoms with Gasteiger partial charge in [0.1, 0.15) is 5.75 Å².